The number of hydrogen-bond acceptors (Lipinski definition) is 3. The van der Waals surface area contributed by atoms with E-state index in [0.717, 1.165) is 19.5 Å². The van der Waals surface area contributed by atoms with E-state index in [4.69, 9.17) is 0 Å². The molecular weight excluding hydrogens is 302 g/mol. The first-order chi connectivity index (χ1) is 11.3. The van der Waals surface area contributed by atoms with E-state index in [0.29, 0.717) is 0 Å². The van der Waals surface area contributed by atoms with Gasteiger partial charge in [-0.05, 0) is 49.9 Å². The predicted octanol–water partition coefficient (Wildman–Crippen LogP) is 4.54. The van der Waals surface area contributed by atoms with E-state index in [1.807, 2.05) is 11.3 Å². The Kier molecular flexibility index (Phi) is 4.27. The molecular formula is C20H25NOS. The molecule has 1 aliphatic heterocycles. The monoisotopic (exact) mass is 327 g/mol. The van der Waals surface area contributed by atoms with Crippen molar-refractivity contribution in [1.29, 1.82) is 0 Å². The van der Waals surface area contributed by atoms with Crippen molar-refractivity contribution in [2.75, 3.05) is 13.1 Å². The van der Waals surface area contributed by atoms with Crippen LogP contribution >= 0.6 is 11.3 Å². The van der Waals surface area contributed by atoms with Crippen LogP contribution in [0.3, 0.4) is 0 Å². The summed E-state index contributed by atoms with van der Waals surface area (Å²) >= 11 is 1.91. The fraction of sp³-hybridized carbons (Fsp3) is 0.500. The number of hydrogen-bond donors (Lipinski definition) is 1. The van der Waals surface area contributed by atoms with Crippen molar-refractivity contribution >= 4 is 11.3 Å². The summed E-state index contributed by atoms with van der Waals surface area (Å²) in [6, 6.07) is 15.2. The number of likely N-dealkylation sites (tertiary alicyclic amines) is 1. The molecule has 1 saturated heterocycles. The molecule has 4 rings (SSSR count). The Bertz CT molecular complexity index is 653. The van der Waals surface area contributed by atoms with Gasteiger partial charge in [-0.25, -0.2) is 0 Å². The second-order valence-corrected chi connectivity index (χ2v) is 8.38. The Morgan fingerprint density at radius 2 is 1.91 bits per heavy atom. The normalized spacial score (nSPS) is 28.5. The van der Waals surface area contributed by atoms with Crippen molar-refractivity contribution in [2.24, 2.45) is 5.41 Å². The van der Waals surface area contributed by atoms with Crippen molar-refractivity contribution in [3.8, 4) is 10.4 Å². The molecule has 2 aromatic rings. The van der Waals surface area contributed by atoms with Crippen LogP contribution in [0.2, 0.25) is 0 Å². The van der Waals surface area contributed by atoms with E-state index >= 15 is 0 Å². The van der Waals surface area contributed by atoms with Gasteiger partial charge in [0.25, 0.3) is 0 Å². The van der Waals surface area contributed by atoms with Crippen molar-refractivity contribution < 1.29 is 5.11 Å². The van der Waals surface area contributed by atoms with Crippen LogP contribution in [-0.2, 0) is 6.54 Å². The molecule has 0 radical (unpaired) electrons. The molecule has 1 aromatic heterocycles. The summed E-state index contributed by atoms with van der Waals surface area (Å²) in [7, 11) is 0. The highest BCUT2D eigenvalue weighted by atomic mass is 32.1. The zero-order valence-corrected chi connectivity index (χ0v) is 14.4. The van der Waals surface area contributed by atoms with Crippen LogP contribution in [-0.4, -0.2) is 29.2 Å². The van der Waals surface area contributed by atoms with Gasteiger partial charge < -0.3 is 5.11 Å². The van der Waals surface area contributed by atoms with Crippen LogP contribution in [0.15, 0.2) is 42.5 Å². The van der Waals surface area contributed by atoms with Crippen LogP contribution in [0.4, 0.5) is 0 Å². The minimum Gasteiger partial charge on any atom is -0.393 e. The molecule has 1 aliphatic carbocycles. The number of rotatable bonds is 3. The van der Waals surface area contributed by atoms with Gasteiger partial charge in [0.15, 0.2) is 0 Å². The highest BCUT2D eigenvalue weighted by Crippen LogP contribution is 2.45. The summed E-state index contributed by atoms with van der Waals surface area (Å²) in [5, 5.41) is 10.4. The summed E-state index contributed by atoms with van der Waals surface area (Å²) in [6.07, 6.45) is 5.79. The standard InChI is InChI=1S/C20H25NOS/c22-19-8-4-11-20(19)12-5-13-21(15-20)14-17-9-10-18(23-17)16-6-2-1-3-7-16/h1-3,6-7,9-10,19,22H,4-5,8,11-15H2/t19-,20-/m1/s1. The van der Waals surface area contributed by atoms with Gasteiger partial charge in [0.1, 0.15) is 0 Å². The number of aliphatic hydroxyl groups excluding tert-OH is 1. The lowest BCUT2D eigenvalue weighted by Crippen LogP contribution is -2.46. The topological polar surface area (TPSA) is 23.5 Å². The average Bonchev–Trinajstić information content (AvgIpc) is 3.17. The first-order valence-electron chi connectivity index (χ1n) is 8.80. The molecule has 0 unspecified atom stereocenters. The Morgan fingerprint density at radius 1 is 1.09 bits per heavy atom. The van der Waals surface area contributed by atoms with Crippen LogP contribution in [0, 0.1) is 5.41 Å². The first-order valence-corrected chi connectivity index (χ1v) is 9.61. The van der Waals surface area contributed by atoms with Crippen LogP contribution in [0.1, 0.15) is 37.0 Å². The van der Waals surface area contributed by atoms with Gasteiger partial charge in [-0.2, -0.15) is 0 Å². The second-order valence-electron chi connectivity index (χ2n) is 7.22. The molecule has 2 nitrogen and oxygen atoms in total. The summed E-state index contributed by atoms with van der Waals surface area (Å²) in [6.45, 7) is 3.28. The molecule has 3 heteroatoms. The molecule has 2 heterocycles. The number of aliphatic hydroxyl groups is 1. The third-order valence-corrected chi connectivity index (χ3v) is 6.77. The quantitative estimate of drug-likeness (QED) is 0.894. The number of nitrogens with zero attached hydrogens (tertiary/aromatic N) is 1. The van der Waals surface area contributed by atoms with Gasteiger partial charge in [0, 0.05) is 28.3 Å². The third-order valence-electron chi connectivity index (χ3n) is 5.65. The maximum atomic E-state index is 10.4. The minimum absolute atomic E-state index is 0.0754. The van der Waals surface area contributed by atoms with Crippen molar-refractivity contribution in [2.45, 2.75) is 44.8 Å². The lowest BCUT2D eigenvalue weighted by molar-refractivity contribution is -0.0117. The fourth-order valence-electron chi connectivity index (χ4n) is 4.43. The van der Waals surface area contributed by atoms with Crippen molar-refractivity contribution in [3.63, 3.8) is 0 Å². The Balaban J connectivity index is 1.45. The summed E-state index contributed by atoms with van der Waals surface area (Å²) in [4.78, 5) is 5.36. The van der Waals surface area contributed by atoms with Gasteiger partial charge in [0.2, 0.25) is 0 Å². The molecule has 122 valence electrons. The van der Waals surface area contributed by atoms with E-state index in [-0.39, 0.29) is 11.5 Å². The molecule has 0 amide bonds. The maximum absolute atomic E-state index is 10.4. The lowest BCUT2D eigenvalue weighted by Gasteiger charge is -2.42. The summed E-state index contributed by atoms with van der Waals surface area (Å²) < 4.78 is 0. The molecule has 23 heavy (non-hydrogen) atoms. The summed E-state index contributed by atoms with van der Waals surface area (Å²) in [5.74, 6) is 0. The molecule has 0 bridgehead atoms. The van der Waals surface area contributed by atoms with Gasteiger partial charge in [0.05, 0.1) is 6.10 Å². The molecule has 1 saturated carbocycles. The predicted molar refractivity (Wildman–Crippen MR) is 96.6 cm³/mol. The number of piperidine rings is 1. The van der Waals surface area contributed by atoms with E-state index in [1.54, 1.807) is 0 Å². The van der Waals surface area contributed by atoms with Gasteiger partial charge >= 0.3 is 0 Å². The highest BCUT2D eigenvalue weighted by molar-refractivity contribution is 7.15. The minimum atomic E-state index is -0.0754. The molecule has 2 fully saturated rings. The lowest BCUT2D eigenvalue weighted by atomic mass is 9.77. The van der Waals surface area contributed by atoms with Crippen LogP contribution < -0.4 is 0 Å². The van der Waals surface area contributed by atoms with Crippen LogP contribution in [0.25, 0.3) is 10.4 Å². The molecule has 1 spiro atoms. The van der Waals surface area contributed by atoms with Gasteiger partial charge in [-0.1, -0.05) is 36.8 Å². The zero-order valence-electron chi connectivity index (χ0n) is 13.6. The van der Waals surface area contributed by atoms with E-state index in [1.165, 1.54) is 47.5 Å². The fourth-order valence-corrected chi connectivity index (χ4v) is 5.49. The third kappa shape index (κ3) is 3.10. The van der Waals surface area contributed by atoms with Crippen LogP contribution in [0.5, 0.6) is 0 Å². The second kappa shape index (κ2) is 6.39. The van der Waals surface area contributed by atoms with Gasteiger partial charge in [-0.15, -0.1) is 11.3 Å². The SMILES string of the molecule is O[C@@H]1CCC[C@]12CCCN(Cc1ccc(-c3ccccc3)s1)C2. The Hall–Kier alpha value is -1.16. The largest absolute Gasteiger partial charge is 0.393 e. The van der Waals surface area contributed by atoms with Gasteiger partial charge in [-0.3, -0.25) is 4.90 Å². The summed E-state index contributed by atoms with van der Waals surface area (Å²) in [5.41, 5.74) is 1.50. The Labute approximate surface area is 142 Å². The molecule has 2 atom stereocenters. The number of benzene rings is 1. The average molecular weight is 327 g/mol. The van der Waals surface area contributed by atoms with E-state index in [9.17, 15) is 5.11 Å². The number of thiophene rings is 1. The van der Waals surface area contributed by atoms with Crippen molar-refractivity contribution in [1.82, 2.24) is 4.90 Å². The molecule has 2 aliphatic rings. The molecule has 1 N–H and O–H groups in total. The molecule has 1 aromatic carbocycles. The highest BCUT2D eigenvalue weighted by Gasteiger charge is 2.44. The maximum Gasteiger partial charge on any atom is 0.0608 e. The Morgan fingerprint density at radius 3 is 2.70 bits per heavy atom. The van der Waals surface area contributed by atoms with Crippen molar-refractivity contribution in [3.05, 3.63) is 47.3 Å². The first kappa shape index (κ1) is 15.4. The van der Waals surface area contributed by atoms with E-state index < -0.39 is 0 Å². The smallest absolute Gasteiger partial charge is 0.0608 e. The zero-order chi connectivity index (χ0) is 15.7. The van der Waals surface area contributed by atoms with E-state index in [2.05, 4.69) is 47.4 Å².